The van der Waals surface area contributed by atoms with E-state index in [1.165, 1.54) is 60.7 Å². The summed E-state index contributed by atoms with van der Waals surface area (Å²) in [6, 6.07) is 17.7. The zero-order valence-electron chi connectivity index (χ0n) is 22.3. The van der Waals surface area contributed by atoms with Gasteiger partial charge in [-0.15, -0.1) is 5.11 Å². The molecule has 1 amide bonds. The van der Waals surface area contributed by atoms with E-state index >= 15 is 0 Å². The summed E-state index contributed by atoms with van der Waals surface area (Å²) in [6.07, 6.45) is 0. The molecule has 4 N–H and O–H groups in total. The van der Waals surface area contributed by atoms with Crippen LogP contribution in [0.2, 0.25) is 0 Å². The largest absolute Gasteiger partial charge is 0.321 e. The number of fused-ring (bicyclic) bond motifs is 2. The highest BCUT2D eigenvalue weighted by atomic mass is 32.2. The first-order valence-electron chi connectivity index (χ1n) is 12.3. The predicted octanol–water partition coefficient (Wildman–Crippen LogP) is 5.95. The molecule has 5 aromatic carbocycles. The Morgan fingerprint density at radius 2 is 1.33 bits per heavy atom. The molecule has 228 valence electrons. The van der Waals surface area contributed by atoms with Crippen molar-refractivity contribution in [1.82, 2.24) is 0 Å². The maximum absolute atomic E-state index is 12.9. The van der Waals surface area contributed by atoms with E-state index in [9.17, 15) is 43.7 Å². The number of carbonyl (C=O) groups excluding carboxylic acids is 1. The third kappa shape index (κ3) is 6.71. The second kappa shape index (κ2) is 11.4. The molecule has 0 bridgehead atoms. The van der Waals surface area contributed by atoms with Gasteiger partial charge in [-0.3, -0.25) is 18.5 Å². The van der Waals surface area contributed by atoms with Gasteiger partial charge in [0.1, 0.15) is 4.90 Å². The predicted molar refractivity (Wildman–Crippen MR) is 162 cm³/mol. The van der Waals surface area contributed by atoms with Crippen molar-refractivity contribution in [2.75, 3.05) is 5.32 Å². The molecular formula is C28H18N4O10S3. The first kappa shape index (κ1) is 31.3. The van der Waals surface area contributed by atoms with Crippen LogP contribution in [0, 0.1) is 6.57 Å². The zero-order chi connectivity index (χ0) is 32.7. The number of nitrogens with one attached hydrogen (secondary N) is 1. The average molecular weight is 667 g/mol. The lowest BCUT2D eigenvalue weighted by molar-refractivity contribution is 0.102. The Hall–Kier alpha value is -5.09. The summed E-state index contributed by atoms with van der Waals surface area (Å²) in [7, 11) is -14.4. The van der Waals surface area contributed by atoms with Crippen LogP contribution < -0.4 is 5.32 Å². The molecule has 0 spiro atoms. The summed E-state index contributed by atoms with van der Waals surface area (Å²) in [4.78, 5) is 14.1. The normalized spacial score (nSPS) is 12.4. The summed E-state index contributed by atoms with van der Waals surface area (Å²) in [6.45, 7) is 7.04. The van der Waals surface area contributed by atoms with Crippen molar-refractivity contribution in [2.45, 2.75) is 14.7 Å². The van der Waals surface area contributed by atoms with Gasteiger partial charge in [0.15, 0.2) is 5.69 Å². The van der Waals surface area contributed by atoms with E-state index in [-0.39, 0.29) is 38.8 Å². The van der Waals surface area contributed by atoms with Crippen LogP contribution in [0.4, 0.5) is 22.7 Å². The quantitative estimate of drug-likeness (QED) is 0.0907. The fraction of sp³-hybridized carbons (Fsp3) is 0. The van der Waals surface area contributed by atoms with Crippen LogP contribution in [0.25, 0.3) is 26.4 Å². The highest BCUT2D eigenvalue weighted by Crippen LogP contribution is 2.36. The highest BCUT2D eigenvalue weighted by Gasteiger charge is 2.21. The molecule has 0 aliphatic carbocycles. The molecule has 0 unspecified atom stereocenters. The lowest BCUT2D eigenvalue weighted by atomic mass is 10.1. The van der Waals surface area contributed by atoms with Crippen LogP contribution in [0.3, 0.4) is 0 Å². The maximum Gasteiger partial charge on any atom is 0.295 e. The SMILES string of the molecule is [C-]#[N+]c1ccc(C(=O)Nc2ccc(/N=N/c3ccc4c(S(=O)(=O)O)cc(S(=O)(=O)O)cc4c3)c3cc(S(=O)(=O)O)ccc23)cc1. The number of rotatable bonds is 7. The van der Waals surface area contributed by atoms with Gasteiger partial charge in [-0.2, -0.15) is 30.4 Å². The summed E-state index contributed by atoms with van der Waals surface area (Å²) in [5, 5.41) is 11.3. The molecular weight excluding hydrogens is 649 g/mol. The van der Waals surface area contributed by atoms with Crippen molar-refractivity contribution in [3.05, 3.63) is 102 Å². The maximum atomic E-state index is 12.9. The van der Waals surface area contributed by atoms with Crippen LogP contribution in [-0.4, -0.2) is 44.8 Å². The van der Waals surface area contributed by atoms with E-state index in [0.29, 0.717) is 17.1 Å². The number of nitrogens with zero attached hydrogens (tertiary/aromatic N) is 3. The first-order chi connectivity index (χ1) is 21.0. The minimum absolute atomic E-state index is 0.0322. The molecule has 0 atom stereocenters. The van der Waals surface area contributed by atoms with E-state index in [0.717, 1.165) is 18.2 Å². The number of azo groups is 1. The second-order valence-electron chi connectivity index (χ2n) is 9.40. The molecule has 5 rings (SSSR count). The summed E-state index contributed by atoms with van der Waals surface area (Å²) >= 11 is 0. The van der Waals surface area contributed by atoms with Gasteiger partial charge >= 0.3 is 0 Å². The van der Waals surface area contributed by atoms with Gasteiger partial charge in [-0.25, -0.2) is 4.85 Å². The van der Waals surface area contributed by atoms with Crippen LogP contribution in [0.1, 0.15) is 10.4 Å². The Kier molecular flexibility index (Phi) is 7.97. The Labute approximate surface area is 255 Å². The summed E-state index contributed by atoms with van der Waals surface area (Å²) in [5.74, 6) is -0.522. The third-order valence-corrected chi connectivity index (χ3v) is 9.07. The second-order valence-corrected chi connectivity index (χ2v) is 13.6. The third-order valence-electron chi connectivity index (χ3n) is 6.49. The van der Waals surface area contributed by atoms with E-state index in [2.05, 4.69) is 20.4 Å². The minimum atomic E-state index is -4.90. The lowest BCUT2D eigenvalue weighted by Gasteiger charge is -2.12. The summed E-state index contributed by atoms with van der Waals surface area (Å²) < 4.78 is 99.6. The molecule has 0 saturated heterocycles. The number of hydrogen-bond donors (Lipinski definition) is 4. The van der Waals surface area contributed by atoms with E-state index < -0.39 is 50.9 Å². The van der Waals surface area contributed by atoms with Crippen LogP contribution >= 0.6 is 0 Å². The van der Waals surface area contributed by atoms with Crippen molar-refractivity contribution < 1.29 is 43.7 Å². The van der Waals surface area contributed by atoms with Crippen LogP contribution in [-0.2, 0) is 30.4 Å². The molecule has 45 heavy (non-hydrogen) atoms. The van der Waals surface area contributed by atoms with Crippen molar-refractivity contribution in [2.24, 2.45) is 10.2 Å². The van der Waals surface area contributed by atoms with Crippen molar-refractivity contribution in [1.29, 1.82) is 0 Å². The Balaban J connectivity index is 1.59. The zero-order valence-corrected chi connectivity index (χ0v) is 24.8. The molecule has 0 heterocycles. The van der Waals surface area contributed by atoms with Gasteiger partial charge in [0, 0.05) is 27.4 Å². The van der Waals surface area contributed by atoms with Gasteiger partial charge in [-0.05, 0) is 53.9 Å². The summed E-state index contributed by atoms with van der Waals surface area (Å²) in [5.41, 5.74) is 0.996. The molecule has 0 aliphatic heterocycles. The fourth-order valence-electron chi connectivity index (χ4n) is 4.38. The molecule has 5 aromatic rings. The number of amides is 1. The fourth-order valence-corrected chi connectivity index (χ4v) is 6.25. The Morgan fingerprint density at radius 1 is 0.667 bits per heavy atom. The molecule has 0 aliphatic rings. The molecule has 0 saturated carbocycles. The van der Waals surface area contributed by atoms with Crippen LogP contribution in [0.5, 0.6) is 0 Å². The Bertz CT molecular complexity index is 2460. The molecule has 0 aromatic heterocycles. The van der Waals surface area contributed by atoms with Crippen LogP contribution in [0.15, 0.2) is 110 Å². The smallest absolute Gasteiger partial charge is 0.295 e. The van der Waals surface area contributed by atoms with Crippen molar-refractivity contribution in [3.63, 3.8) is 0 Å². The standard InChI is InChI=1S/C28H18N4O10S3/c1-29-18-4-2-16(3-5-18)28(33)30-25-10-11-26(24-14-20(43(34,35)36)7-9-23(24)25)32-31-19-6-8-22-17(12-19)13-21(44(37,38)39)15-27(22)45(40,41)42/h2-15H,(H,30,33)(H,34,35,36)(H,37,38,39)(H,40,41,42)/b32-31+. The highest BCUT2D eigenvalue weighted by molar-refractivity contribution is 7.87. The Morgan fingerprint density at radius 3 is 1.96 bits per heavy atom. The molecule has 14 nitrogen and oxygen atoms in total. The monoisotopic (exact) mass is 666 g/mol. The average Bonchev–Trinajstić information content (AvgIpc) is 2.98. The number of carbonyl (C=O) groups is 1. The van der Waals surface area contributed by atoms with Gasteiger partial charge in [0.25, 0.3) is 36.3 Å². The number of benzene rings is 5. The lowest BCUT2D eigenvalue weighted by Crippen LogP contribution is -2.12. The minimum Gasteiger partial charge on any atom is -0.321 e. The topological polar surface area (TPSA) is 221 Å². The van der Waals surface area contributed by atoms with Crippen molar-refractivity contribution >= 4 is 80.6 Å². The molecule has 0 fully saturated rings. The first-order valence-corrected chi connectivity index (χ1v) is 16.6. The van der Waals surface area contributed by atoms with Gasteiger partial charge in [-0.1, -0.05) is 36.4 Å². The number of anilines is 1. The van der Waals surface area contributed by atoms with Gasteiger partial charge < -0.3 is 5.32 Å². The van der Waals surface area contributed by atoms with E-state index in [1.54, 1.807) is 0 Å². The van der Waals surface area contributed by atoms with E-state index in [1.807, 2.05) is 0 Å². The van der Waals surface area contributed by atoms with Crippen molar-refractivity contribution in [3.8, 4) is 0 Å². The molecule has 0 radical (unpaired) electrons. The van der Waals surface area contributed by atoms with Gasteiger partial charge in [0.05, 0.1) is 27.7 Å². The number of hydrogen-bond acceptors (Lipinski definition) is 9. The van der Waals surface area contributed by atoms with E-state index in [4.69, 9.17) is 6.57 Å². The van der Waals surface area contributed by atoms with Gasteiger partial charge in [0.2, 0.25) is 0 Å². The molecule has 17 heteroatoms.